The largest absolute Gasteiger partial charge is 0.379 e. The number of carbonyl (C=O) groups is 1. The summed E-state index contributed by atoms with van der Waals surface area (Å²) in [6.07, 6.45) is 0. The van der Waals surface area contributed by atoms with Gasteiger partial charge in [0, 0.05) is 27.6 Å². The number of rotatable bonds is 2. The molecule has 1 aromatic rings. The van der Waals surface area contributed by atoms with Crippen LogP contribution in [0, 0.1) is 0 Å². The molecule has 1 heterocycles. The molecule has 0 radical (unpaired) electrons. The van der Waals surface area contributed by atoms with Gasteiger partial charge in [0.2, 0.25) is 0 Å². The fourth-order valence-electron chi connectivity index (χ4n) is 1.57. The predicted molar refractivity (Wildman–Crippen MR) is 71.7 cm³/mol. The Morgan fingerprint density at radius 3 is 2.35 bits per heavy atom. The van der Waals surface area contributed by atoms with E-state index in [-0.39, 0.29) is 5.91 Å². The van der Waals surface area contributed by atoms with E-state index >= 15 is 0 Å². The summed E-state index contributed by atoms with van der Waals surface area (Å²) in [5.74, 6) is -0.103. The minimum Gasteiger partial charge on any atom is -0.379 e. The van der Waals surface area contributed by atoms with Crippen molar-refractivity contribution in [1.29, 1.82) is 0 Å². The number of amides is 1. The molecule has 1 aliphatic rings. The number of benzene rings is 1. The number of carbonyl (C=O) groups excluding carboxylic acids is 1. The van der Waals surface area contributed by atoms with E-state index in [0.29, 0.717) is 18.8 Å². The van der Waals surface area contributed by atoms with Gasteiger partial charge in [0.05, 0.1) is 13.2 Å². The van der Waals surface area contributed by atoms with E-state index in [4.69, 9.17) is 4.74 Å². The highest BCUT2D eigenvalue weighted by Gasteiger charge is 2.14. The molecule has 0 aromatic heterocycles. The molecule has 4 nitrogen and oxygen atoms in total. The van der Waals surface area contributed by atoms with Crippen molar-refractivity contribution in [3.05, 3.63) is 32.7 Å². The van der Waals surface area contributed by atoms with Gasteiger partial charge in [-0.15, -0.1) is 0 Å². The first-order valence-electron chi connectivity index (χ1n) is 5.25. The van der Waals surface area contributed by atoms with Gasteiger partial charge >= 0.3 is 0 Å². The Balaban J connectivity index is 2.03. The molecule has 2 rings (SSSR count). The molecule has 92 valence electrons. The molecule has 1 aliphatic heterocycles. The van der Waals surface area contributed by atoms with Gasteiger partial charge in [0.1, 0.15) is 0 Å². The lowest BCUT2D eigenvalue weighted by atomic mass is 10.2. The van der Waals surface area contributed by atoms with Crippen molar-refractivity contribution < 1.29 is 9.53 Å². The van der Waals surface area contributed by atoms with Gasteiger partial charge in [0.25, 0.3) is 5.91 Å². The monoisotopic (exact) mass is 362 g/mol. The first-order chi connectivity index (χ1) is 8.15. The third-order valence-electron chi connectivity index (χ3n) is 2.40. The van der Waals surface area contributed by atoms with Crippen molar-refractivity contribution in [3.63, 3.8) is 0 Å². The van der Waals surface area contributed by atoms with Crippen LogP contribution >= 0.6 is 31.9 Å². The highest BCUT2D eigenvalue weighted by atomic mass is 79.9. The van der Waals surface area contributed by atoms with E-state index in [9.17, 15) is 4.79 Å². The van der Waals surface area contributed by atoms with Crippen molar-refractivity contribution >= 4 is 37.8 Å². The molecule has 17 heavy (non-hydrogen) atoms. The lowest BCUT2D eigenvalue weighted by Crippen LogP contribution is -2.48. The molecule has 1 amide bonds. The van der Waals surface area contributed by atoms with Crippen LogP contribution in [0.4, 0.5) is 0 Å². The highest BCUT2D eigenvalue weighted by Crippen LogP contribution is 2.20. The summed E-state index contributed by atoms with van der Waals surface area (Å²) >= 11 is 6.73. The van der Waals surface area contributed by atoms with E-state index in [0.717, 1.165) is 22.0 Å². The van der Waals surface area contributed by atoms with E-state index in [1.165, 1.54) is 0 Å². The zero-order valence-corrected chi connectivity index (χ0v) is 12.3. The van der Waals surface area contributed by atoms with Gasteiger partial charge in [-0.3, -0.25) is 10.2 Å². The molecular formula is C11H12Br2N2O2. The molecule has 0 spiro atoms. The molecule has 0 unspecified atom stereocenters. The van der Waals surface area contributed by atoms with Gasteiger partial charge in [-0.2, -0.15) is 0 Å². The van der Waals surface area contributed by atoms with Crippen LogP contribution in [0.15, 0.2) is 27.1 Å². The molecule has 0 aliphatic carbocycles. The number of nitrogens with one attached hydrogen (secondary N) is 1. The maximum Gasteiger partial charge on any atom is 0.265 e. The normalized spacial score (nSPS) is 16.8. The van der Waals surface area contributed by atoms with E-state index in [2.05, 4.69) is 37.3 Å². The Morgan fingerprint density at radius 2 is 1.76 bits per heavy atom. The number of hydrogen-bond donors (Lipinski definition) is 1. The summed E-state index contributed by atoms with van der Waals surface area (Å²) in [5, 5.41) is 1.88. The molecule has 6 heteroatoms. The molecule has 1 aromatic carbocycles. The number of morpholine rings is 1. The molecule has 1 saturated heterocycles. The minimum absolute atomic E-state index is 0.103. The Kier molecular flexibility index (Phi) is 4.55. The van der Waals surface area contributed by atoms with Crippen LogP contribution in [0.5, 0.6) is 0 Å². The summed E-state index contributed by atoms with van der Waals surface area (Å²) in [6, 6.07) is 5.48. The van der Waals surface area contributed by atoms with Crippen LogP contribution < -0.4 is 5.43 Å². The number of halogens is 2. The van der Waals surface area contributed by atoms with E-state index < -0.39 is 0 Å². The second-order valence-corrected chi connectivity index (χ2v) is 5.53. The fraction of sp³-hybridized carbons (Fsp3) is 0.364. The van der Waals surface area contributed by atoms with Gasteiger partial charge in [-0.25, -0.2) is 5.01 Å². The molecule has 1 N–H and O–H groups in total. The zero-order chi connectivity index (χ0) is 12.3. The Bertz CT molecular complexity index is 400. The number of ether oxygens (including phenoxy) is 1. The molecule has 0 atom stereocenters. The SMILES string of the molecule is O=C(NN1CCOCC1)c1cc(Br)cc(Br)c1. The second kappa shape index (κ2) is 5.95. The summed E-state index contributed by atoms with van der Waals surface area (Å²) in [7, 11) is 0. The quantitative estimate of drug-likeness (QED) is 0.875. The Morgan fingerprint density at radius 1 is 1.18 bits per heavy atom. The van der Waals surface area contributed by atoms with E-state index in [1.807, 2.05) is 11.1 Å². The maximum atomic E-state index is 12.0. The molecular weight excluding hydrogens is 352 g/mol. The van der Waals surface area contributed by atoms with Crippen LogP contribution in [-0.4, -0.2) is 37.2 Å². The van der Waals surface area contributed by atoms with Crippen molar-refractivity contribution in [2.75, 3.05) is 26.3 Å². The van der Waals surface area contributed by atoms with Crippen molar-refractivity contribution in [2.24, 2.45) is 0 Å². The summed E-state index contributed by atoms with van der Waals surface area (Å²) in [6.45, 7) is 2.76. The average Bonchev–Trinajstić information content (AvgIpc) is 2.29. The lowest BCUT2D eigenvalue weighted by molar-refractivity contribution is 0.0126. The zero-order valence-electron chi connectivity index (χ0n) is 9.08. The predicted octanol–water partition coefficient (Wildman–Crippen LogP) is 2.19. The number of hydrazine groups is 1. The number of hydrogen-bond acceptors (Lipinski definition) is 3. The molecule has 1 fully saturated rings. The topological polar surface area (TPSA) is 41.6 Å². The smallest absolute Gasteiger partial charge is 0.265 e. The van der Waals surface area contributed by atoms with Crippen LogP contribution in [0.2, 0.25) is 0 Å². The average molecular weight is 364 g/mol. The van der Waals surface area contributed by atoms with Crippen molar-refractivity contribution in [1.82, 2.24) is 10.4 Å². The fourth-order valence-corrected chi connectivity index (χ4v) is 2.86. The molecule has 0 bridgehead atoms. The van der Waals surface area contributed by atoms with Gasteiger partial charge in [-0.1, -0.05) is 31.9 Å². The van der Waals surface area contributed by atoms with Gasteiger partial charge in [-0.05, 0) is 18.2 Å². The van der Waals surface area contributed by atoms with Gasteiger partial charge < -0.3 is 4.74 Å². The first kappa shape index (κ1) is 13.0. The minimum atomic E-state index is -0.103. The van der Waals surface area contributed by atoms with Gasteiger partial charge in [0.15, 0.2) is 0 Å². The summed E-state index contributed by atoms with van der Waals surface area (Å²) in [4.78, 5) is 12.0. The van der Waals surface area contributed by atoms with Crippen LogP contribution in [0.1, 0.15) is 10.4 Å². The van der Waals surface area contributed by atoms with Crippen LogP contribution in [0.3, 0.4) is 0 Å². The second-order valence-electron chi connectivity index (χ2n) is 3.70. The Labute approximate surface area is 117 Å². The van der Waals surface area contributed by atoms with E-state index in [1.54, 1.807) is 12.1 Å². The standard InChI is InChI=1S/C11H12Br2N2O2/c12-9-5-8(6-10(13)7-9)11(16)14-15-1-3-17-4-2-15/h5-7H,1-4H2,(H,14,16). The van der Waals surface area contributed by atoms with Crippen molar-refractivity contribution in [3.8, 4) is 0 Å². The van der Waals surface area contributed by atoms with Crippen molar-refractivity contribution in [2.45, 2.75) is 0 Å². The lowest BCUT2D eigenvalue weighted by Gasteiger charge is -2.26. The highest BCUT2D eigenvalue weighted by molar-refractivity contribution is 9.11. The summed E-state index contributed by atoms with van der Waals surface area (Å²) in [5.41, 5.74) is 3.49. The molecule has 0 saturated carbocycles. The number of nitrogens with zero attached hydrogens (tertiary/aromatic N) is 1. The third-order valence-corrected chi connectivity index (χ3v) is 3.31. The van der Waals surface area contributed by atoms with Crippen LogP contribution in [-0.2, 0) is 4.74 Å². The van der Waals surface area contributed by atoms with Crippen LogP contribution in [0.25, 0.3) is 0 Å². The summed E-state index contributed by atoms with van der Waals surface area (Å²) < 4.78 is 6.97. The third kappa shape index (κ3) is 3.77. The Hall–Kier alpha value is -0.430. The first-order valence-corrected chi connectivity index (χ1v) is 6.83. The maximum absolute atomic E-state index is 12.0.